The van der Waals surface area contributed by atoms with Gasteiger partial charge in [0.15, 0.2) is 11.5 Å². The van der Waals surface area contributed by atoms with Crippen LogP contribution in [-0.4, -0.2) is 27.4 Å². The second-order valence-corrected chi connectivity index (χ2v) is 14.7. The third-order valence-electron chi connectivity index (χ3n) is 10.5. The molecule has 1 N–H and O–H groups in total. The first-order valence-corrected chi connectivity index (χ1v) is 20.0. The van der Waals surface area contributed by atoms with Crippen molar-refractivity contribution in [2.45, 2.75) is 45.4 Å². The van der Waals surface area contributed by atoms with E-state index < -0.39 is 5.54 Å². The van der Waals surface area contributed by atoms with Crippen LogP contribution in [0.4, 0.5) is 0 Å². The van der Waals surface area contributed by atoms with Crippen molar-refractivity contribution in [3.05, 3.63) is 215 Å². The van der Waals surface area contributed by atoms with Crippen LogP contribution in [0, 0.1) is 0 Å². The maximum Gasteiger partial charge on any atom is 0.274 e. The number of benzene rings is 6. The molecule has 2 heterocycles. The van der Waals surface area contributed by atoms with Crippen LogP contribution in [0.25, 0.3) is 22.5 Å². The Labute approximate surface area is 345 Å². The normalized spacial score (nSPS) is 11.4. The highest BCUT2D eigenvalue weighted by Crippen LogP contribution is 2.46. The van der Waals surface area contributed by atoms with E-state index in [2.05, 4.69) is 60.7 Å². The van der Waals surface area contributed by atoms with Gasteiger partial charge < -0.3 is 19.3 Å². The van der Waals surface area contributed by atoms with Gasteiger partial charge in [0.2, 0.25) is 0 Å². The highest BCUT2D eigenvalue weighted by Gasteiger charge is 2.40. The molecular formula is C51H46N4O4. The van der Waals surface area contributed by atoms with Crippen LogP contribution in [0.15, 0.2) is 181 Å². The van der Waals surface area contributed by atoms with E-state index >= 15 is 0 Å². The van der Waals surface area contributed by atoms with Crippen LogP contribution < -0.4 is 14.8 Å². The number of nitrogens with zero attached hydrogens (tertiary/aromatic N) is 3. The molecule has 0 aliphatic carbocycles. The molecule has 0 spiro atoms. The lowest BCUT2D eigenvalue weighted by atomic mass is 9.77. The Morgan fingerprint density at radius 2 is 1.19 bits per heavy atom. The molecule has 0 unspecified atom stereocenters. The summed E-state index contributed by atoms with van der Waals surface area (Å²) in [7, 11) is 0. The third kappa shape index (κ3) is 7.90. The van der Waals surface area contributed by atoms with Gasteiger partial charge in [0.05, 0.1) is 17.3 Å². The molecule has 59 heavy (non-hydrogen) atoms. The van der Waals surface area contributed by atoms with E-state index in [0.717, 1.165) is 33.4 Å². The Kier molecular flexibility index (Phi) is 11.5. The highest BCUT2D eigenvalue weighted by molar-refractivity contribution is 6.02. The standard InChI is InChI=1S/C51H46N4O4/c1-4-52-50(56)48-47(39-32-53-55(33-39)51(40-24-14-7-15-25-40,41-26-16-8-17-27-41)42-28-18-9-19-29-42)49(59-54-48)44-30-43(36(2)3)45(57-34-37-20-10-5-11-21-37)31-46(44)58-35-38-22-12-6-13-23-38/h5-33,36H,4,34-35H2,1-3H3,(H,52,56). The Bertz CT molecular complexity index is 2510. The molecule has 0 saturated carbocycles. The molecule has 1 amide bonds. The molecule has 6 aromatic carbocycles. The first-order chi connectivity index (χ1) is 29.0. The zero-order chi connectivity index (χ0) is 40.6. The van der Waals surface area contributed by atoms with Crippen molar-refractivity contribution in [3.8, 4) is 33.9 Å². The summed E-state index contributed by atoms with van der Waals surface area (Å²) in [5.74, 6) is 1.33. The zero-order valence-electron chi connectivity index (χ0n) is 33.4. The quantitative estimate of drug-likeness (QED) is 0.104. The fraction of sp³-hybridized carbons (Fsp3) is 0.157. The number of nitrogens with one attached hydrogen (secondary N) is 1. The lowest BCUT2D eigenvalue weighted by Gasteiger charge is -2.36. The number of ether oxygens (including phenoxy) is 2. The number of carbonyl (C=O) groups excluding carboxylic acids is 1. The molecule has 8 rings (SSSR count). The van der Waals surface area contributed by atoms with Gasteiger partial charge in [-0.3, -0.25) is 9.48 Å². The van der Waals surface area contributed by atoms with Gasteiger partial charge in [0.25, 0.3) is 5.91 Å². The first-order valence-electron chi connectivity index (χ1n) is 20.0. The molecule has 0 aliphatic heterocycles. The second kappa shape index (κ2) is 17.5. The fourth-order valence-corrected chi connectivity index (χ4v) is 7.63. The molecule has 0 atom stereocenters. The summed E-state index contributed by atoms with van der Waals surface area (Å²) in [6.07, 6.45) is 3.77. The molecule has 0 aliphatic rings. The number of hydrogen-bond donors (Lipinski definition) is 1. The summed E-state index contributed by atoms with van der Waals surface area (Å²) in [5.41, 5.74) is 7.13. The molecule has 0 saturated heterocycles. The average molecular weight is 779 g/mol. The van der Waals surface area contributed by atoms with Crippen molar-refractivity contribution in [3.63, 3.8) is 0 Å². The molecular weight excluding hydrogens is 733 g/mol. The van der Waals surface area contributed by atoms with E-state index in [-0.39, 0.29) is 17.5 Å². The highest BCUT2D eigenvalue weighted by atomic mass is 16.5. The van der Waals surface area contributed by atoms with Crippen LogP contribution >= 0.6 is 0 Å². The van der Waals surface area contributed by atoms with Crippen LogP contribution in [0.2, 0.25) is 0 Å². The maximum absolute atomic E-state index is 13.9. The Morgan fingerprint density at radius 3 is 1.68 bits per heavy atom. The first kappa shape index (κ1) is 38.7. The van der Waals surface area contributed by atoms with Gasteiger partial charge in [-0.25, -0.2) is 0 Å². The van der Waals surface area contributed by atoms with Gasteiger partial charge in [-0.05, 0) is 52.3 Å². The van der Waals surface area contributed by atoms with E-state index in [4.69, 9.17) is 19.1 Å². The average Bonchev–Trinajstić information content (AvgIpc) is 3.96. The summed E-state index contributed by atoms with van der Waals surface area (Å²) < 4.78 is 21.4. The molecule has 0 radical (unpaired) electrons. The van der Waals surface area contributed by atoms with Crippen molar-refractivity contribution in [1.29, 1.82) is 0 Å². The predicted molar refractivity (Wildman–Crippen MR) is 231 cm³/mol. The lowest BCUT2D eigenvalue weighted by molar-refractivity contribution is 0.0947. The van der Waals surface area contributed by atoms with Crippen LogP contribution in [0.1, 0.15) is 70.6 Å². The minimum absolute atomic E-state index is 0.0721. The Balaban J connectivity index is 1.33. The molecule has 8 heteroatoms. The largest absolute Gasteiger partial charge is 0.488 e. The number of aromatic nitrogens is 3. The fourth-order valence-electron chi connectivity index (χ4n) is 7.63. The summed E-state index contributed by atoms with van der Waals surface area (Å²) in [6, 6.07) is 55.1. The summed E-state index contributed by atoms with van der Waals surface area (Å²) in [4.78, 5) is 13.9. The smallest absolute Gasteiger partial charge is 0.274 e. The molecule has 0 fully saturated rings. The van der Waals surface area contributed by atoms with E-state index in [1.54, 1.807) is 6.20 Å². The SMILES string of the molecule is CCNC(=O)c1noc(-c2cc(C(C)C)c(OCc3ccccc3)cc2OCc2ccccc2)c1-c1cnn(C(c2ccccc2)(c2ccccc2)c2ccccc2)c1. The van der Waals surface area contributed by atoms with Crippen LogP contribution in [0.3, 0.4) is 0 Å². The minimum atomic E-state index is -0.877. The van der Waals surface area contributed by atoms with Crippen LogP contribution in [-0.2, 0) is 18.8 Å². The summed E-state index contributed by atoms with van der Waals surface area (Å²) in [5, 5.41) is 12.5. The summed E-state index contributed by atoms with van der Waals surface area (Å²) >= 11 is 0. The van der Waals surface area contributed by atoms with Gasteiger partial charge in [-0.15, -0.1) is 0 Å². The second-order valence-electron chi connectivity index (χ2n) is 14.7. The molecule has 294 valence electrons. The van der Waals surface area contributed by atoms with E-state index in [1.807, 2.05) is 145 Å². The van der Waals surface area contributed by atoms with E-state index in [9.17, 15) is 4.79 Å². The van der Waals surface area contributed by atoms with Gasteiger partial charge in [-0.1, -0.05) is 171 Å². The van der Waals surface area contributed by atoms with Crippen molar-refractivity contribution in [2.75, 3.05) is 6.54 Å². The van der Waals surface area contributed by atoms with E-state index in [1.165, 1.54) is 0 Å². The van der Waals surface area contributed by atoms with Crippen molar-refractivity contribution in [1.82, 2.24) is 20.3 Å². The number of rotatable bonds is 15. The van der Waals surface area contributed by atoms with Crippen molar-refractivity contribution >= 4 is 5.91 Å². The topological polar surface area (TPSA) is 91.4 Å². The van der Waals surface area contributed by atoms with Gasteiger partial charge >= 0.3 is 0 Å². The number of amides is 1. The Morgan fingerprint density at radius 1 is 0.695 bits per heavy atom. The Hall–Kier alpha value is -7.19. The van der Waals surface area contributed by atoms with Gasteiger partial charge in [0.1, 0.15) is 30.3 Å². The maximum atomic E-state index is 13.9. The minimum Gasteiger partial charge on any atom is -0.488 e. The zero-order valence-corrected chi connectivity index (χ0v) is 33.4. The predicted octanol–water partition coefficient (Wildman–Crippen LogP) is 11.1. The lowest BCUT2D eigenvalue weighted by Crippen LogP contribution is -2.38. The molecule has 8 nitrogen and oxygen atoms in total. The molecule has 2 aromatic heterocycles. The van der Waals surface area contributed by atoms with Crippen molar-refractivity contribution in [2.24, 2.45) is 0 Å². The van der Waals surface area contributed by atoms with Crippen LogP contribution in [0.5, 0.6) is 11.5 Å². The monoisotopic (exact) mass is 778 g/mol. The van der Waals surface area contributed by atoms with Crippen molar-refractivity contribution < 1.29 is 18.8 Å². The number of carbonyl (C=O) groups is 1. The molecule has 8 aromatic rings. The van der Waals surface area contributed by atoms with E-state index in [0.29, 0.717) is 53.7 Å². The third-order valence-corrected chi connectivity index (χ3v) is 10.5. The molecule has 0 bridgehead atoms. The van der Waals surface area contributed by atoms with Gasteiger partial charge in [-0.2, -0.15) is 5.10 Å². The van der Waals surface area contributed by atoms with Gasteiger partial charge in [0, 0.05) is 24.4 Å². The summed E-state index contributed by atoms with van der Waals surface area (Å²) in [6.45, 7) is 7.23. The number of hydrogen-bond acceptors (Lipinski definition) is 6.